The van der Waals surface area contributed by atoms with Gasteiger partial charge in [-0.25, -0.2) is 9.79 Å². The first-order chi connectivity index (χ1) is 19.2. The molecule has 40 heavy (non-hydrogen) atoms. The molecule has 1 atom stereocenters. The fourth-order valence-electron chi connectivity index (χ4n) is 4.60. The zero-order valence-corrected chi connectivity index (χ0v) is 23.9. The molecular formula is C29H26N4O5S2. The molecule has 2 aromatic heterocycles. The van der Waals surface area contributed by atoms with Crippen molar-refractivity contribution in [3.63, 3.8) is 0 Å². The Morgan fingerprint density at radius 2 is 1.93 bits per heavy atom. The number of thioether (sulfide) groups is 1. The van der Waals surface area contributed by atoms with Crippen LogP contribution in [-0.4, -0.2) is 32.4 Å². The van der Waals surface area contributed by atoms with Crippen LogP contribution in [0.25, 0.3) is 11.8 Å². The van der Waals surface area contributed by atoms with Gasteiger partial charge in [-0.1, -0.05) is 29.5 Å². The monoisotopic (exact) mass is 574 g/mol. The first-order valence-corrected chi connectivity index (χ1v) is 14.5. The first-order valence-electron chi connectivity index (χ1n) is 12.5. The van der Waals surface area contributed by atoms with Crippen LogP contribution in [-0.2, 0) is 9.53 Å². The van der Waals surface area contributed by atoms with Crippen LogP contribution in [0.2, 0.25) is 0 Å². The highest BCUT2D eigenvalue weighted by atomic mass is 32.2. The summed E-state index contributed by atoms with van der Waals surface area (Å²) in [6.45, 7) is 5.31. The van der Waals surface area contributed by atoms with E-state index in [9.17, 15) is 19.7 Å². The van der Waals surface area contributed by atoms with E-state index in [1.54, 1.807) is 66.1 Å². The number of hydrogen-bond donors (Lipinski definition) is 0. The SMILES string of the molecule is CSc1ccc([C@@H]2C(C(=O)OC(C)C)=C(C)N=c3s/c(=C\c4cccn4-c4cccc([N+](=O)[O-])c4)c(=O)n32)cc1. The van der Waals surface area contributed by atoms with Crippen molar-refractivity contribution in [3.05, 3.63) is 119 Å². The van der Waals surface area contributed by atoms with Crippen LogP contribution in [0, 0.1) is 10.1 Å². The minimum atomic E-state index is -0.705. The lowest BCUT2D eigenvalue weighted by molar-refractivity contribution is -0.384. The molecule has 1 aliphatic heterocycles. The number of carbonyl (C=O) groups excluding carboxylic acids is 1. The summed E-state index contributed by atoms with van der Waals surface area (Å²) in [4.78, 5) is 44.2. The molecule has 9 nitrogen and oxygen atoms in total. The van der Waals surface area contributed by atoms with Gasteiger partial charge in [-0.05, 0) is 69.0 Å². The van der Waals surface area contributed by atoms with Crippen LogP contribution in [0.5, 0.6) is 0 Å². The van der Waals surface area contributed by atoms with E-state index in [1.807, 2.05) is 42.7 Å². The third-order valence-corrected chi connectivity index (χ3v) is 8.12. The summed E-state index contributed by atoms with van der Waals surface area (Å²) in [5.41, 5.74) is 2.54. The Bertz CT molecular complexity index is 1830. The average Bonchev–Trinajstić information content (AvgIpc) is 3.51. The van der Waals surface area contributed by atoms with Gasteiger partial charge in [0.05, 0.1) is 38.6 Å². The first kappa shape index (κ1) is 27.4. The van der Waals surface area contributed by atoms with Gasteiger partial charge in [-0.3, -0.25) is 19.5 Å². The van der Waals surface area contributed by atoms with Gasteiger partial charge in [0, 0.05) is 28.9 Å². The summed E-state index contributed by atoms with van der Waals surface area (Å²) in [5.74, 6) is -0.510. The van der Waals surface area contributed by atoms with Crippen molar-refractivity contribution >= 4 is 40.8 Å². The smallest absolute Gasteiger partial charge is 0.338 e. The molecule has 0 unspecified atom stereocenters. The van der Waals surface area contributed by atoms with Gasteiger partial charge in [0.2, 0.25) is 0 Å². The number of carbonyl (C=O) groups is 1. The van der Waals surface area contributed by atoms with Crippen LogP contribution >= 0.6 is 23.1 Å². The molecule has 0 N–H and O–H groups in total. The van der Waals surface area contributed by atoms with Gasteiger partial charge in [0.1, 0.15) is 0 Å². The van der Waals surface area contributed by atoms with Crippen molar-refractivity contribution in [2.45, 2.75) is 37.8 Å². The summed E-state index contributed by atoms with van der Waals surface area (Å²) in [6.07, 6.45) is 5.17. The highest BCUT2D eigenvalue weighted by Gasteiger charge is 2.33. The number of nitro groups is 1. The quantitative estimate of drug-likeness (QED) is 0.138. The third kappa shape index (κ3) is 5.17. The zero-order valence-electron chi connectivity index (χ0n) is 22.2. The molecule has 0 saturated carbocycles. The largest absolute Gasteiger partial charge is 0.459 e. The van der Waals surface area contributed by atoms with E-state index in [2.05, 4.69) is 4.99 Å². The molecule has 11 heteroatoms. The minimum absolute atomic E-state index is 0.0275. The number of rotatable bonds is 7. The molecule has 0 bridgehead atoms. The third-order valence-electron chi connectivity index (χ3n) is 6.39. The molecule has 0 radical (unpaired) electrons. The van der Waals surface area contributed by atoms with E-state index in [0.717, 1.165) is 10.5 Å². The van der Waals surface area contributed by atoms with E-state index < -0.39 is 16.9 Å². The van der Waals surface area contributed by atoms with Crippen LogP contribution in [0.1, 0.15) is 38.1 Å². The minimum Gasteiger partial charge on any atom is -0.459 e. The molecule has 204 valence electrons. The van der Waals surface area contributed by atoms with Gasteiger partial charge in [-0.2, -0.15) is 0 Å². The van der Waals surface area contributed by atoms with E-state index >= 15 is 0 Å². The van der Waals surface area contributed by atoms with Gasteiger partial charge in [-0.15, -0.1) is 11.8 Å². The maximum absolute atomic E-state index is 13.9. The topological polar surface area (TPSA) is 109 Å². The Balaban J connectivity index is 1.67. The van der Waals surface area contributed by atoms with Crippen molar-refractivity contribution < 1.29 is 14.5 Å². The lowest BCUT2D eigenvalue weighted by Gasteiger charge is -2.25. The molecule has 5 rings (SSSR count). The fourth-order valence-corrected chi connectivity index (χ4v) is 6.04. The molecule has 0 spiro atoms. The summed E-state index contributed by atoms with van der Waals surface area (Å²) in [5, 5.41) is 11.3. The predicted octanol–water partition coefficient (Wildman–Crippen LogP) is 4.61. The van der Waals surface area contributed by atoms with Crippen LogP contribution in [0.15, 0.2) is 92.8 Å². The standard InChI is InChI=1S/C29H26N4O5S2/c1-17(2)38-28(35)25-18(3)30-29-32(26(25)19-10-12-23(39-4)13-11-19)27(34)24(40-29)16-21-9-6-14-31(21)20-7-5-8-22(15-20)33(36)37/h5-17,26H,1-4H3/b24-16-/t26-/m1/s1. The highest BCUT2D eigenvalue weighted by Crippen LogP contribution is 2.32. The van der Waals surface area contributed by atoms with E-state index in [4.69, 9.17) is 4.74 Å². The normalized spacial score (nSPS) is 15.2. The number of allylic oxidation sites excluding steroid dienone is 1. The summed E-state index contributed by atoms with van der Waals surface area (Å²) < 4.78 is 9.31. The van der Waals surface area contributed by atoms with Gasteiger partial charge in [0.25, 0.3) is 11.2 Å². The molecule has 1 aliphatic rings. The van der Waals surface area contributed by atoms with Crippen molar-refractivity contribution in [3.8, 4) is 5.69 Å². The Morgan fingerprint density at radius 3 is 2.60 bits per heavy atom. The van der Waals surface area contributed by atoms with Crippen molar-refractivity contribution in [2.75, 3.05) is 6.26 Å². The van der Waals surface area contributed by atoms with Crippen LogP contribution < -0.4 is 14.9 Å². The average molecular weight is 575 g/mol. The number of non-ortho nitro benzene ring substituents is 1. The number of esters is 1. The van der Waals surface area contributed by atoms with E-state index in [-0.39, 0.29) is 17.4 Å². The van der Waals surface area contributed by atoms with Gasteiger partial charge < -0.3 is 9.30 Å². The molecule has 3 heterocycles. The molecule has 0 fully saturated rings. The number of thiazole rings is 1. The molecule has 0 saturated heterocycles. The summed E-state index contributed by atoms with van der Waals surface area (Å²) in [6, 6.07) is 17.0. The second-order valence-electron chi connectivity index (χ2n) is 9.39. The second kappa shape index (κ2) is 11.1. The summed E-state index contributed by atoms with van der Waals surface area (Å²) >= 11 is 2.83. The Kier molecular flexibility index (Phi) is 7.59. The second-order valence-corrected chi connectivity index (χ2v) is 11.3. The Labute approximate surface area is 237 Å². The number of ether oxygens (including phenoxy) is 1. The number of nitrogens with zero attached hydrogens (tertiary/aromatic N) is 4. The maximum atomic E-state index is 13.9. The molecule has 0 amide bonds. The predicted molar refractivity (Wildman–Crippen MR) is 156 cm³/mol. The van der Waals surface area contributed by atoms with E-state index in [0.29, 0.717) is 32.0 Å². The molecule has 4 aromatic rings. The molecule has 0 aliphatic carbocycles. The number of nitro benzene ring substituents is 1. The van der Waals surface area contributed by atoms with E-state index in [1.165, 1.54) is 23.5 Å². The van der Waals surface area contributed by atoms with Gasteiger partial charge in [0.15, 0.2) is 4.80 Å². The summed E-state index contributed by atoms with van der Waals surface area (Å²) in [7, 11) is 0. The number of fused-ring (bicyclic) bond motifs is 1. The zero-order chi connectivity index (χ0) is 28.6. The molecule has 2 aromatic carbocycles. The maximum Gasteiger partial charge on any atom is 0.338 e. The van der Waals surface area contributed by atoms with Crippen LogP contribution in [0.4, 0.5) is 5.69 Å². The lowest BCUT2D eigenvalue weighted by Crippen LogP contribution is -2.40. The Hall–Kier alpha value is -4.22. The van der Waals surface area contributed by atoms with Crippen molar-refractivity contribution in [2.24, 2.45) is 4.99 Å². The fraction of sp³-hybridized carbons (Fsp3) is 0.207. The number of aromatic nitrogens is 2. The van der Waals surface area contributed by atoms with Crippen molar-refractivity contribution in [1.29, 1.82) is 0 Å². The number of benzene rings is 2. The van der Waals surface area contributed by atoms with Crippen molar-refractivity contribution in [1.82, 2.24) is 9.13 Å². The van der Waals surface area contributed by atoms with Gasteiger partial charge >= 0.3 is 5.97 Å². The highest BCUT2D eigenvalue weighted by molar-refractivity contribution is 7.98. The Morgan fingerprint density at radius 1 is 1.18 bits per heavy atom. The molecular weight excluding hydrogens is 548 g/mol. The van der Waals surface area contributed by atoms with Crippen LogP contribution in [0.3, 0.4) is 0 Å². The number of hydrogen-bond acceptors (Lipinski definition) is 8. The lowest BCUT2D eigenvalue weighted by atomic mass is 9.96.